The fourth-order valence-electron chi connectivity index (χ4n) is 2.62. The fraction of sp³-hybridized carbons (Fsp3) is 0.250. The largest absolute Gasteiger partial charge is 0.454 e. The number of esters is 1. The van der Waals surface area contributed by atoms with Crippen LogP contribution in [0.3, 0.4) is 0 Å². The number of aromatic nitrogens is 1. The van der Waals surface area contributed by atoms with Crippen molar-refractivity contribution in [3.63, 3.8) is 0 Å². The maximum Gasteiger partial charge on any atom is 0.341 e. The Hall–Kier alpha value is -3.00. The lowest BCUT2D eigenvalue weighted by Gasteiger charge is -2.11. The van der Waals surface area contributed by atoms with E-state index in [-0.39, 0.29) is 34.6 Å². The van der Waals surface area contributed by atoms with E-state index in [1.54, 1.807) is 18.2 Å². The molecule has 0 spiro atoms. The second-order valence-corrected chi connectivity index (χ2v) is 7.51. The summed E-state index contributed by atoms with van der Waals surface area (Å²) in [5.74, 6) is -1.62. The number of carbonyl (C=O) groups is 4. The summed E-state index contributed by atoms with van der Waals surface area (Å²) in [5.41, 5.74) is 1.63. The monoisotopic (exact) mass is 398 g/mol. The van der Waals surface area contributed by atoms with Crippen LogP contribution in [0.25, 0.3) is 0 Å². The maximum absolute atomic E-state index is 12.4. The lowest BCUT2D eigenvalue weighted by molar-refractivity contribution is -0.136. The van der Waals surface area contributed by atoms with Gasteiger partial charge in [-0.2, -0.15) is 0 Å². The van der Waals surface area contributed by atoms with E-state index in [1.807, 2.05) is 19.1 Å². The third-order valence-corrected chi connectivity index (χ3v) is 5.49. The van der Waals surface area contributed by atoms with Gasteiger partial charge in [0.2, 0.25) is 11.8 Å². The van der Waals surface area contributed by atoms with Crippen LogP contribution in [0.5, 0.6) is 0 Å². The first-order valence-electron chi connectivity index (χ1n) is 8.56. The molecule has 0 bridgehead atoms. The van der Waals surface area contributed by atoms with Gasteiger partial charge in [-0.1, -0.05) is 41.6 Å². The van der Waals surface area contributed by atoms with Crippen LogP contribution in [0.1, 0.15) is 32.7 Å². The van der Waals surface area contributed by atoms with Crippen molar-refractivity contribution >= 4 is 35.3 Å². The van der Waals surface area contributed by atoms with Crippen LogP contribution in [0.15, 0.2) is 47.6 Å². The van der Waals surface area contributed by atoms with Gasteiger partial charge in [0.15, 0.2) is 12.4 Å². The summed E-state index contributed by atoms with van der Waals surface area (Å²) in [6.07, 6.45) is 1.54. The van der Waals surface area contributed by atoms with Crippen LogP contribution < -0.4 is 0 Å². The number of imide groups is 1. The van der Waals surface area contributed by atoms with Crippen molar-refractivity contribution in [2.75, 3.05) is 13.7 Å². The molecule has 1 aliphatic rings. The molecule has 1 unspecified atom stereocenters. The highest BCUT2D eigenvalue weighted by atomic mass is 32.2. The van der Waals surface area contributed by atoms with Crippen LogP contribution in [0, 0.1) is 6.92 Å². The van der Waals surface area contributed by atoms with Gasteiger partial charge in [-0.05, 0) is 19.1 Å². The Labute approximate surface area is 166 Å². The molecule has 1 aromatic carbocycles. The molecule has 3 rings (SSSR count). The first-order chi connectivity index (χ1) is 13.4. The number of rotatable bonds is 6. The van der Waals surface area contributed by atoms with E-state index in [1.165, 1.54) is 19.3 Å². The van der Waals surface area contributed by atoms with Gasteiger partial charge in [-0.25, -0.2) is 9.78 Å². The first-order valence-corrected chi connectivity index (χ1v) is 9.44. The Kier molecular flexibility index (Phi) is 5.89. The molecule has 2 amide bonds. The van der Waals surface area contributed by atoms with E-state index in [9.17, 15) is 19.2 Å². The van der Waals surface area contributed by atoms with Gasteiger partial charge in [0, 0.05) is 25.2 Å². The minimum absolute atomic E-state index is 0.0526. The molecule has 2 aromatic rings. The molecular weight excluding hydrogens is 380 g/mol. The number of nitrogens with zero attached hydrogens (tertiary/aromatic N) is 2. The highest BCUT2D eigenvalue weighted by Gasteiger charge is 2.37. The summed E-state index contributed by atoms with van der Waals surface area (Å²) in [6.45, 7) is 1.51. The molecule has 1 fully saturated rings. The van der Waals surface area contributed by atoms with Crippen LogP contribution in [-0.4, -0.2) is 52.4 Å². The minimum atomic E-state index is -0.707. The summed E-state index contributed by atoms with van der Waals surface area (Å²) in [7, 11) is 1.43. The standard InChI is InChI=1S/C20H18N2O5S/c1-12-5-7-13(8-6-12)15(23)11-27-20(26)14-4-3-9-21-18(14)28-16-10-17(24)22(2)19(16)25/h3-9,16H,10-11H2,1-2H3. The van der Waals surface area contributed by atoms with E-state index >= 15 is 0 Å². The van der Waals surface area contributed by atoms with Crippen molar-refractivity contribution in [2.45, 2.75) is 23.6 Å². The van der Waals surface area contributed by atoms with Crippen molar-refractivity contribution in [1.29, 1.82) is 0 Å². The van der Waals surface area contributed by atoms with E-state index in [4.69, 9.17) is 4.74 Å². The zero-order valence-corrected chi connectivity index (χ0v) is 16.2. The number of benzene rings is 1. The Morgan fingerprint density at radius 2 is 1.93 bits per heavy atom. The van der Waals surface area contributed by atoms with Gasteiger partial charge in [-0.15, -0.1) is 0 Å². The molecule has 28 heavy (non-hydrogen) atoms. The zero-order chi connectivity index (χ0) is 20.3. The van der Waals surface area contributed by atoms with E-state index < -0.39 is 17.8 Å². The molecule has 1 aromatic heterocycles. The van der Waals surface area contributed by atoms with Gasteiger partial charge >= 0.3 is 5.97 Å². The van der Waals surface area contributed by atoms with Crippen molar-refractivity contribution in [3.8, 4) is 0 Å². The Morgan fingerprint density at radius 1 is 1.21 bits per heavy atom. The fourth-order valence-corrected chi connectivity index (χ4v) is 3.77. The number of likely N-dealkylation sites (tertiary alicyclic amines) is 1. The van der Waals surface area contributed by atoms with Gasteiger partial charge in [0.05, 0.1) is 10.8 Å². The highest BCUT2D eigenvalue weighted by molar-refractivity contribution is 8.00. The van der Waals surface area contributed by atoms with Gasteiger partial charge < -0.3 is 4.74 Å². The predicted octanol–water partition coefficient (Wildman–Crippen LogP) is 2.28. The number of ether oxygens (including phenoxy) is 1. The summed E-state index contributed by atoms with van der Waals surface area (Å²) in [4.78, 5) is 53.6. The Morgan fingerprint density at radius 3 is 2.57 bits per heavy atom. The topological polar surface area (TPSA) is 93.6 Å². The predicted molar refractivity (Wildman–Crippen MR) is 102 cm³/mol. The average Bonchev–Trinajstić information content (AvgIpc) is 2.93. The molecule has 0 N–H and O–H groups in total. The zero-order valence-electron chi connectivity index (χ0n) is 15.4. The third-order valence-electron chi connectivity index (χ3n) is 4.29. The third kappa shape index (κ3) is 4.28. The molecule has 1 saturated heterocycles. The molecule has 0 saturated carbocycles. The lowest BCUT2D eigenvalue weighted by Crippen LogP contribution is -2.26. The molecule has 144 valence electrons. The van der Waals surface area contributed by atoms with Crippen molar-refractivity contribution in [3.05, 3.63) is 59.3 Å². The maximum atomic E-state index is 12.4. The molecule has 1 aliphatic heterocycles. The summed E-state index contributed by atoms with van der Waals surface area (Å²) in [6, 6.07) is 10.0. The number of hydrogen-bond acceptors (Lipinski definition) is 7. The molecule has 2 heterocycles. The van der Waals surface area contributed by atoms with E-state index in [0.29, 0.717) is 5.56 Å². The van der Waals surface area contributed by atoms with E-state index in [2.05, 4.69) is 4.98 Å². The summed E-state index contributed by atoms with van der Waals surface area (Å²) >= 11 is 1.05. The summed E-state index contributed by atoms with van der Waals surface area (Å²) < 4.78 is 5.14. The van der Waals surface area contributed by atoms with Gasteiger partial charge in [0.1, 0.15) is 5.03 Å². The number of aryl methyl sites for hydroxylation is 1. The number of Topliss-reactive ketones (excluding diaryl/α,β-unsaturated/α-hetero) is 1. The highest BCUT2D eigenvalue weighted by Crippen LogP contribution is 2.31. The molecule has 0 radical (unpaired) electrons. The SMILES string of the molecule is Cc1ccc(C(=O)COC(=O)c2cccnc2SC2CC(=O)N(C)C2=O)cc1. The van der Waals surface area contributed by atoms with E-state index in [0.717, 1.165) is 22.2 Å². The molecule has 8 heteroatoms. The number of thioether (sulfide) groups is 1. The smallest absolute Gasteiger partial charge is 0.341 e. The van der Waals surface area contributed by atoms with Crippen LogP contribution in [0.2, 0.25) is 0 Å². The number of ketones is 1. The number of pyridine rings is 1. The number of carbonyl (C=O) groups excluding carboxylic acids is 4. The normalized spacial score (nSPS) is 16.4. The average molecular weight is 398 g/mol. The van der Waals surface area contributed by atoms with Crippen molar-refractivity contribution < 1.29 is 23.9 Å². The van der Waals surface area contributed by atoms with Gasteiger partial charge in [-0.3, -0.25) is 19.3 Å². The molecular formula is C20H18N2O5S. The lowest BCUT2D eigenvalue weighted by atomic mass is 10.1. The molecule has 0 aliphatic carbocycles. The second kappa shape index (κ2) is 8.35. The first kappa shape index (κ1) is 19.8. The minimum Gasteiger partial charge on any atom is -0.454 e. The number of amides is 2. The van der Waals surface area contributed by atoms with Crippen molar-refractivity contribution in [2.24, 2.45) is 0 Å². The quantitative estimate of drug-likeness (QED) is 0.419. The Balaban J connectivity index is 1.67. The van der Waals surface area contributed by atoms with Crippen LogP contribution in [-0.2, 0) is 14.3 Å². The molecule has 7 nitrogen and oxygen atoms in total. The van der Waals surface area contributed by atoms with Gasteiger partial charge in [0.25, 0.3) is 0 Å². The van der Waals surface area contributed by atoms with Crippen LogP contribution >= 0.6 is 11.8 Å². The Bertz CT molecular complexity index is 942. The second-order valence-electron chi connectivity index (χ2n) is 6.32. The molecule has 1 atom stereocenters. The number of hydrogen-bond donors (Lipinski definition) is 0. The van der Waals surface area contributed by atoms with Crippen molar-refractivity contribution in [1.82, 2.24) is 9.88 Å². The summed E-state index contributed by atoms with van der Waals surface area (Å²) in [5, 5.41) is -0.343. The van der Waals surface area contributed by atoms with Crippen LogP contribution in [0.4, 0.5) is 0 Å².